The lowest BCUT2D eigenvalue weighted by molar-refractivity contribution is -0.141. The number of carbonyl (C=O) groups excluding carboxylic acids is 4. The van der Waals surface area contributed by atoms with E-state index in [1.165, 1.54) is 19.1 Å². The van der Waals surface area contributed by atoms with E-state index in [0.717, 1.165) is 4.68 Å². The zero-order valence-corrected chi connectivity index (χ0v) is 22.9. The highest BCUT2D eigenvalue weighted by Gasteiger charge is 2.40. The van der Waals surface area contributed by atoms with Crippen LogP contribution in [0.4, 0.5) is 4.79 Å². The molecule has 3 atom stereocenters. The van der Waals surface area contributed by atoms with Crippen molar-refractivity contribution in [2.75, 3.05) is 20.8 Å². The maximum absolute atomic E-state index is 13.3. The first kappa shape index (κ1) is 29.4. The van der Waals surface area contributed by atoms with Gasteiger partial charge in [0.05, 0.1) is 25.9 Å². The molecule has 0 aliphatic carbocycles. The number of hydrogen-bond acceptors (Lipinski definition) is 9. The first-order chi connectivity index (χ1) is 18.5. The molecule has 1 aliphatic heterocycles. The Labute approximate surface area is 225 Å². The van der Waals surface area contributed by atoms with Gasteiger partial charge < -0.3 is 29.4 Å². The number of amides is 3. The number of aromatic nitrogens is 2. The summed E-state index contributed by atoms with van der Waals surface area (Å²) in [5.41, 5.74) is 0.370. The fraction of sp³-hybridized carbons (Fsp3) is 0.538. The molecular formula is C26H35N5O8. The molecule has 1 aromatic carbocycles. The number of methoxy groups -OCH3 is 2. The Morgan fingerprint density at radius 1 is 1.00 bits per heavy atom. The van der Waals surface area contributed by atoms with Gasteiger partial charge in [-0.2, -0.15) is 4.68 Å². The third kappa shape index (κ3) is 6.65. The summed E-state index contributed by atoms with van der Waals surface area (Å²) in [6.07, 6.45) is 0.220. The topological polar surface area (TPSA) is 162 Å². The smallest absolute Gasteiger partial charge is 0.442 e. The van der Waals surface area contributed by atoms with E-state index in [2.05, 4.69) is 20.5 Å². The first-order valence-electron chi connectivity index (χ1n) is 12.7. The number of Topliss-reactive ketones (excluding diaryl/α,β-unsaturated/α-hetero) is 1. The van der Waals surface area contributed by atoms with Gasteiger partial charge in [-0.3, -0.25) is 14.4 Å². The average molecular weight is 546 g/mol. The summed E-state index contributed by atoms with van der Waals surface area (Å²) in [6, 6.07) is 3.66. The number of nitrogens with zero attached hydrogens (tertiary/aromatic N) is 3. The van der Waals surface area contributed by atoms with Crippen LogP contribution in [0, 0.1) is 11.8 Å². The van der Waals surface area contributed by atoms with Crippen LogP contribution in [-0.4, -0.2) is 77.3 Å². The summed E-state index contributed by atoms with van der Waals surface area (Å²) in [5.74, 6) is -2.97. The van der Waals surface area contributed by atoms with E-state index in [1.807, 2.05) is 0 Å². The van der Waals surface area contributed by atoms with Gasteiger partial charge in [0, 0.05) is 6.54 Å². The van der Waals surface area contributed by atoms with E-state index in [-0.39, 0.29) is 11.8 Å². The van der Waals surface area contributed by atoms with Crippen LogP contribution < -0.4 is 21.1 Å². The second-order valence-corrected chi connectivity index (χ2v) is 9.92. The van der Waals surface area contributed by atoms with Crippen LogP contribution in [0.3, 0.4) is 0 Å². The molecule has 1 saturated heterocycles. The number of ether oxygens (including phenoxy) is 2. The third-order valence-electron chi connectivity index (χ3n) is 6.55. The molecule has 0 unspecified atom stereocenters. The average Bonchev–Trinajstić information content (AvgIpc) is 3.56. The normalized spacial score (nSPS) is 16.6. The Balaban J connectivity index is 1.78. The van der Waals surface area contributed by atoms with Gasteiger partial charge in [-0.05, 0) is 48.9 Å². The Morgan fingerprint density at radius 3 is 2.21 bits per heavy atom. The standard InChI is InChI=1S/C26H35N5O8/c1-14(2)19(21(32)23-29-31(26(36)39-23)16-9-11-17(37-5)12-10-16)27-22(33)18-8-7-13-30(18)24(34)20(15(3)4)28-25(35)38-6/h9-12,14-15,18-20H,7-8,13H2,1-6H3,(H,27,33)(H,28,35)/t18-,19-,20-/m0/s1. The Hall–Kier alpha value is -4.16. The van der Waals surface area contributed by atoms with Crippen molar-refractivity contribution in [2.45, 2.75) is 58.7 Å². The van der Waals surface area contributed by atoms with Gasteiger partial charge in [0.1, 0.15) is 17.8 Å². The lowest BCUT2D eigenvalue weighted by Crippen LogP contribution is -2.57. The minimum atomic E-state index is -1.06. The zero-order chi connectivity index (χ0) is 28.9. The summed E-state index contributed by atoms with van der Waals surface area (Å²) in [5, 5.41) is 9.30. The molecule has 0 saturated carbocycles. The van der Waals surface area contributed by atoms with Crippen LogP contribution in [0.1, 0.15) is 51.2 Å². The molecule has 13 heteroatoms. The Kier molecular flexibility index (Phi) is 9.49. The zero-order valence-electron chi connectivity index (χ0n) is 22.9. The fourth-order valence-corrected chi connectivity index (χ4v) is 4.36. The van der Waals surface area contributed by atoms with Crippen molar-refractivity contribution in [1.82, 2.24) is 25.3 Å². The van der Waals surface area contributed by atoms with E-state index in [4.69, 9.17) is 9.15 Å². The summed E-state index contributed by atoms with van der Waals surface area (Å²) >= 11 is 0. The van der Waals surface area contributed by atoms with Crippen molar-refractivity contribution >= 4 is 23.7 Å². The maximum atomic E-state index is 13.3. The third-order valence-corrected chi connectivity index (χ3v) is 6.55. The summed E-state index contributed by atoms with van der Waals surface area (Å²) in [7, 11) is 2.71. The molecule has 1 fully saturated rings. The molecular weight excluding hydrogens is 510 g/mol. The van der Waals surface area contributed by atoms with E-state index in [1.54, 1.807) is 52.0 Å². The number of hydrogen-bond donors (Lipinski definition) is 2. The van der Waals surface area contributed by atoms with Crippen LogP contribution >= 0.6 is 0 Å². The molecule has 0 radical (unpaired) electrons. The van der Waals surface area contributed by atoms with Gasteiger partial charge in [0.2, 0.25) is 17.6 Å². The summed E-state index contributed by atoms with van der Waals surface area (Å²) in [6.45, 7) is 7.33. The van der Waals surface area contributed by atoms with Crippen LogP contribution in [0.25, 0.3) is 5.69 Å². The van der Waals surface area contributed by atoms with Gasteiger partial charge in [-0.15, -0.1) is 5.10 Å². The van der Waals surface area contributed by atoms with Crippen LogP contribution in [0.15, 0.2) is 33.5 Å². The Bertz CT molecular complexity index is 1250. The summed E-state index contributed by atoms with van der Waals surface area (Å²) in [4.78, 5) is 65.6. The minimum Gasteiger partial charge on any atom is -0.497 e. The fourth-order valence-electron chi connectivity index (χ4n) is 4.36. The highest BCUT2D eigenvalue weighted by Crippen LogP contribution is 2.22. The monoisotopic (exact) mass is 545 g/mol. The van der Waals surface area contributed by atoms with Crippen molar-refractivity contribution in [3.63, 3.8) is 0 Å². The molecule has 212 valence electrons. The van der Waals surface area contributed by atoms with Gasteiger partial charge in [-0.1, -0.05) is 27.7 Å². The Morgan fingerprint density at radius 2 is 1.64 bits per heavy atom. The maximum Gasteiger partial charge on any atom is 0.442 e. The van der Waals surface area contributed by atoms with Gasteiger partial charge in [0.25, 0.3) is 5.89 Å². The van der Waals surface area contributed by atoms with Gasteiger partial charge in [0.15, 0.2) is 0 Å². The molecule has 3 amide bonds. The van der Waals surface area contributed by atoms with E-state index in [0.29, 0.717) is 30.8 Å². The number of ketones is 1. The van der Waals surface area contributed by atoms with Crippen LogP contribution in [0.2, 0.25) is 0 Å². The number of nitrogens with one attached hydrogen (secondary N) is 2. The van der Waals surface area contributed by atoms with Gasteiger partial charge >= 0.3 is 11.8 Å². The second-order valence-electron chi connectivity index (χ2n) is 9.92. The molecule has 2 N–H and O–H groups in total. The number of rotatable bonds is 10. The SMILES string of the molecule is COC(=O)N[C@H](C(=O)N1CCC[C@H]1C(=O)N[C@H](C(=O)c1nn(-c2ccc(OC)cc2)c(=O)o1)C(C)C)C(C)C. The molecule has 1 aromatic heterocycles. The minimum absolute atomic E-state index is 0.255. The lowest BCUT2D eigenvalue weighted by Gasteiger charge is -2.31. The highest BCUT2D eigenvalue weighted by molar-refractivity contribution is 6.00. The quantitative estimate of drug-likeness (QED) is 0.422. The van der Waals surface area contributed by atoms with Crippen molar-refractivity contribution in [3.8, 4) is 11.4 Å². The predicted octanol–water partition coefficient (Wildman–Crippen LogP) is 1.53. The van der Waals surface area contributed by atoms with Gasteiger partial charge in [-0.25, -0.2) is 9.59 Å². The largest absolute Gasteiger partial charge is 0.497 e. The predicted molar refractivity (Wildman–Crippen MR) is 139 cm³/mol. The number of alkyl carbamates (subject to hydrolysis) is 1. The molecule has 2 aromatic rings. The molecule has 13 nitrogen and oxygen atoms in total. The van der Waals surface area contributed by atoms with E-state index in [9.17, 15) is 24.0 Å². The first-order valence-corrected chi connectivity index (χ1v) is 12.7. The molecule has 39 heavy (non-hydrogen) atoms. The number of likely N-dealkylation sites (tertiary alicyclic amines) is 1. The molecule has 1 aliphatic rings. The lowest BCUT2D eigenvalue weighted by atomic mass is 9.98. The number of benzene rings is 1. The van der Waals surface area contributed by atoms with Crippen molar-refractivity contribution in [2.24, 2.45) is 11.8 Å². The van der Waals surface area contributed by atoms with E-state index < -0.39 is 53.5 Å². The van der Waals surface area contributed by atoms with Crippen molar-refractivity contribution in [1.29, 1.82) is 0 Å². The molecule has 3 rings (SSSR count). The molecule has 0 spiro atoms. The molecule has 2 heterocycles. The molecule has 0 bridgehead atoms. The van der Waals surface area contributed by atoms with Crippen LogP contribution in [-0.2, 0) is 14.3 Å². The second kappa shape index (κ2) is 12.6. The van der Waals surface area contributed by atoms with Crippen molar-refractivity contribution < 1.29 is 33.1 Å². The highest BCUT2D eigenvalue weighted by atomic mass is 16.5. The van der Waals surface area contributed by atoms with Crippen LogP contribution in [0.5, 0.6) is 5.75 Å². The van der Waals surface area contributed by atoms with E-state index >= 15 is 0 Å². The summed E-state index contributed by atoms with van der Waals surface area (Å²) < 4.78 is 15.8. The van der Waals surface area contributed by atoms with Crippen molar-refractivity contribution in [3.05, 3.63) is 40.7 Å². The number of carbonyl (C=O) groups is 4.